The molecule has 1 fully saturated rings. The quantitative estimate of drug-likeness (QED) is 0.689. The average Bonchev–Trinajstić information content (AvgIpc) is 3.10. The van der Waals surface area contributed by atoms with Crippen LogP contribution in [0.5, 0.6) is 0 Å². The first-order valence-electron chi connectivity index (χ1n) is 6.46. The number of hydrogen-bond donors (Lipinski definition) is 2. The number of nitrogens with one attached hydrogen (secondary N) is 1. The minimum atomic E-state index is -0.886. The molecule has 0 aliphatic heterocycles. The molecule has 0 radical (unpaired) electrons. The minimum absolute atomic E-state index is 0.231. The Morgan fingerprint density at radius 3 is 2.39 bits per heavy atom. The predicted molar refractivity (Wildman–Crippen MR) is 68.7 cm³/mol. The molecule has 1 saturated carbocycles. The molecular formula is C13H24N2O3. The van der Waals surface area contributed by atoms with Crippen LogP contribution in [0.4, 0.5) is 0 Å². The van der Waals surface area contributed by atoms with E-state index in [0.717, 1.165) is 12.8 Å². The number of methoxy groups -OCH3 is 1. The Labute approximate surface area is 108 Å². The van der Waals surface area contributed by atoms with Gasteiger partial charge in [-0.25, -0.2) is 4.79 Å². The van der Waals surface area contributed by atoms with Crippen LogP contribution in [0.15, 0.2) is 0 Å². The molecule has 0 saturated heterocycles. The Hall–Kier alpha value is -1.10. The third kappa shape index (κ3) is 3.70. The maximum absolute atomic E-state index is 12.1. The highest BCUT2D eigenvalue weighted by molar-refractivity contribution is 5.90. The van der Waals surface area contributed by atoms with Gasteiger partial charge in [-0.15, -0.1) is 0 Å². The van der Waals surface area contributed by atoms with Gasteiger partial charge in [-0.1, -0.05) is 13.8 Å². The molecule has 104 valence electrons. The van der Waals surface area contributed by atoms with Crippen LogP contribution in [-0.2, 0) is 14.3 Å². The van der Waals surface area contributed by atoms with Crippen LogP contribution >= 0.6 is 0 Å². The van der Waals surface area contributed by atoms with Gasteiger partial charge in [0.2, 0.25) is 5.91 Å². The minimum Gasteiger partial charge on any atom is -0.467 e. The average molecular weight is 256 g/mol. The number of esters is 1. The Bertz CT molecular complexity index is 322. The summed E-state index contributed by atoms with van der Waals surface area (Å²) in [7, 11) is 1.32. The number of nitrogens with two attached hydrogens (primary N) is 1. The van der Waals surface area contributed by atoms with Crippen molar-refractivity contribution in [1.82, 2.24) is 5.32 Å². The van der Waals surface area contributed by atoms with Crippen LogP contribution in [0, 0.1) is 11.8 Å². The van der Waals surface area contributed by atoms with Crippen LogP contribution < -0.4 is 11.1 Å². The summed E-state index contributed by atoms with van der Waals surface area (Å²) in [6.45, 7) is 5.71. The summed E-state index contributed by atoms with van der Waals surface area (Å²) in [5, 5.41) is 2.72. The zero-order chi connectivity index (χ0) is 13.9. The molecule has 0 spiro atoms. The van der Waals surface area contributed by atoms with Crippen LogP contribution in [-0.4, -0.2) is 30.6 Å². The second-order valence-electron chi connectivity index (χ2n) is 5.74. The molecule has 0 heterocycles. The third-order valence-corrected chi connectivity index (χ3v) is 3.41. The van der Waals surface area contributed by atoms with Crippen LogP contribution in [0.1, 0.15) is 40.0 Å². The van der Waals surface area contributed by atoms with E-state index in [2.05, 4.69) is 5.32 Å². The van der Waals surface area contributed by atoms with Crippen molar-refractivity contribution in [3.05, 3.63) is 0 Å². The van der Waals surface area contributed by atoms with Gasteiger partial charge in [-0.3, -0.25) is 4.79 Å². The Morgan fingerprint density at radius 2 is 2.00 bits per heavy atom. The summed E-state index contributed by atoms with van der Waals surface area (Å²) >= 11 is 0. The van der Waals surface area contributed by atoms with Gasteiger partial charge >= 0.3 is 5.97 Å². The van der Waals surface area contributed by atoms with E-state index in [1.807, 2.05) is 13.8 Å². The molecule has 1 aliphatic rings. The van der Waals surface area contributed by atoms with E-state index in [9.17, 15) is 9.59 Å². The fraction of sp³-hybridized carbons (Fsp3) is 0.846. The Kier molecular flexibility index (Phi) is 4.73. The van der Waals surface area contributed by atoms with E-state index in [-0.39, 0.29) is 11.8 Å². The van der Waals surface area contributed by atoms with Crippen molar-refractivity contribution in [1.29, 1.82) is 0 Å². The fourth-order valence-electron chi connectivity index (χ4n) is 2.01. The van der Waals surface area contributed by atoms with Gasteiger partial charge < -0.3 is 15.8 Å². The molecule has 1 rings (SSSR count). The number of carbonyl (C=O) groups excluding carboxylic acids is 2. The van der Waals surface area contributed by atoms with Gasteiger partial charge in [0, 0.05) is 0 Å². The number of ether oxygens (including phenoxy) is 1. The normalized spacial score (nSPS) is 20.1. The molecule has 18 heavy (non-hydrogen) atoms. The van der Waals surface area contributed by atoms with Gasteiger partial charge in [-0.05, 0) is 38.0 Å². The molecule has 0 aromatic carbocycles. The zero-order valence-electron chi connectivity index (χ0n) is 11.7. The second-order valence-corrected chi connectivity index (χ2v) is 5.74. The number of amides is 1. The lowest BCUT2D eigenvalue weighted by molar-refractivity contribution is -0.146. The summed E-state index contributed by atoms with van der Waals surface area (Å²) in [4.78, 5) is 23.7. The molecule has 1 aliphatic carbocycles. The van der Waals surface area contributed by atoms with E-state index < -0.39 is 17.6 Å². The van der Waals surface area contributed by atoms with E-state index in [1.54, 1.807) is 6.92 Å². The van der Waals surface area contributed by atoms with E-state index >= 15 is 0 Å². The molecule has 5 heteroatoms. The lowest BCUT2D eigenvalue weighted by atomic mass is 9.95. The van der Waals surface area contributed by atoms with Gasteiger partial charge in [0.1, 0.15) is 6.04 Å². The standard InChI is InChI=1S/C13H24N2O3/c1-8(2)7-10(11(16)18-4)15-12(17)13(3,14)9-5-6-9/h8-10H,5-7,14H2,1-4H3,(H,15,17). The largest absolute Gasteiger partial charge is 0.467 e. The zero-order valence-corrected chi connectivity index (χ0v) is 11.7. The summed E-state index contributed by atoms with van der Waals surface area (Å²) in [5.74, 6) is -0.154. The highest BCUT2D eigenvalue weighted by atomic mass is 16.5. The van der Waals surface area contributed by atoms with Gasteiger partial charge in [0.15, 0.2) is 0 Å². The molecule has 5 nitrogen and oxygen atoms in total. The number of rotatable bonds is 6. The monoisotopic (exact) mass is 256 g/mol. The summed E-state index contributed by atoms with van der Waals surface area (Å²) in [5.41, 5.74) is 5.14. The number of hydrogen-bond acceptors (Lipinski definition) is 4. The molecule has 1 amide bonds. The Balaban J connectivity index is 2.64. The van der Waals surface area contributed by atoms with Crippen molar-refractivity contribution in [2.75, 3.05) is 7.11 Å². The first-order valence-corrected chi connectivity index (χ1v) is 6.46. The van der Waals surface area contributed by atoms with Gasteiger partial charge in [-0.2, -0.15) is 0 Å². The summed E-state index contributed by atoms with van der Waals surface area (Å²) in [6, 6.07) is -0.607. The Morgan fingerprint density at radius 1 is 1.44 bits per heavy atom. The summed E-state index contributed by atoms with van der Waals surface area (Å²) in [6.07, 6.45) is 2.51. The maximum Gasteiger partial charge on any atom is 0.328 e. The van der Waals surface area contributed by atoms with Crippen LogP contribution in [0.2, 0.25) is 0 Å². The van der Waals surface area contributed by atoms with E-state index in [1.165, 1.54) is 7.11 Å². The molecule has 0 bridgehead atoms. The highest BCUT2D eigenvalue weighted by Crippen LogP contribution is 2.38. The van der Waals surface area contributed by atoms with Crippen molar-refractivity contribution in [2.24, 2.45) is 17.6 Å². The van der Waals surface area contributed by atoms with Crippen molar-refractivity contribution < 1.29 is 14.3 Å². The van der Waals surface area contributed by atoms with E-state index in [4.69, 9.17) is 10.5 Å². The molecule has 3 N–H and O–H groups in total. The third-order valence-electron chi connectivity index (χ3n) is 3.41. The number of carbonyl (C=O) groups is 2. The van der Waals surface area contributed by atoms with Crippen molar-refractivity contribution in [2.45, 2.75) is 51.6 Å². The molecule has 0 aromatic heterocycles. The summed E-state index contributed by atoms with van der Waals surface area (Å²) < 4.78 is 4.71. The van der Waals surface area contributed by atoms with Crippen molar-refractivity contribution in [3.8, 4) is 0 Å². The second kappa shape index (κ2) is 5.69. The molecule has 2 atom stereocenters. The van der Waals surface area contributed by atoms with E-state index in [0.29, 0.717) is 12.3 Å². The SMILES string of the molecule is COC(=O)C(CC(C)C)NC(=O)C(C)(N)C1CC1. The van der Waals surface area contributed by atoms with Crippen molar-refractivity contribution >= 4 is 11.9 Å². The fourth-order valence-corrected chi connectivity index (χ4v) is 2.01. The lowest BCUT2D eigenvalue weighted by Gasteiger charge is -2.26. The predicted octanol–water partition coefficient (Wildman–Crippen LogP) is 0.818. The molecule has 0 aromatic rings. The van der Waals surface area contributed by atoms with Crippen LogP contribution in [0.3, 0.4) is 0 Å². The van der Waals surface area contributed by atoms with Gasteiger partial charge in [0.05, 0.1) is 12.6 Å². The smallest absolute Gasteiger partial charge is 0.328 e. The topological polar surface area (TPSA) is 81.4 Å². The first kappa shape index (κ1) is 15.0. The lowest BCUT2D eigenvalue weighted by Crippen LogP contribution is -2.57. The highest BCUT2D eigenvalue weighted by Gasteiger charge is 2.45. The van der Waals surface area contributed by atoms with Crippen LogP contribution in [0.25, 0.3) is 0 Å². The molecular weight excluding hydrogens is 232 g/mol. The van der Waals surface area contributed by atoms with Crippen molar-refractivity contribution in [3.63, 3.8) is 0 Å². The molecule has 2 unspecified atom stereocenters. The first-order chi connectivity index (χ1) is 8.28. The van der Waals surface area contributed by atoms with Gasteiger partial charge in [0.25, 0.3) is 0 Å². The maximum atomic E-state index is 12.1.